The first kappa shape index (κ1) is 7.37. The van der Waals surface area contributed by atoms with Gasteiger partial charge in [0.25, 0.3) is 0 Å². The fourth-order valence-corrected chi connectivity index (χ4v) is 4.08. The van der Waals surface area contributed by atoms with Crippen LogP contribution in [0.5, 0.6) is 0 Å². The molecule has 1 saturated heterocycles. The van der Waals surface area contributed by atoms with Crippen molar-refractivity contribution >= 4 is 0 Å². The third kappa shape index (κ3) is 0.834. The second-order valence-electron chi connectivity index (χ2n) is 5.06. The highest BCUT2D eigenvalue weighted by molar-refractivity contribution is 5.00. The first-order valence-electron chi connectivity index (χ1n) is 5.44. The van der Waals surface area contributed by atoms with Crippen molar-refractivity contribution in [2.75, 3.05) is 13.2 Å². The number of hydrogen-bond donors (Lipinski definition) is 0. The summed E-state index contributed by atoms with van der Waals surface area (Å²) < 4.78 is 5.58. The molecule has 1 heterocycles. The Balaban J connectivity index is 1.84. The van der Waals surface area contributed by atoms with E-state index < -0.39 is 0 Å². The van der Waals surface area contributed by atoms with Crippen LogP contribution in [0, 0.1) is 29.6 Å². The fourth-order valence-electron chi connectivity index (χ4n) is 4.08. The van der Waals surface area contributed by atoms with E-state index in [-0.39, 0.29) is 0 Å². The molecule has 2 saturated carbocycles. The summed E-state index contributed by atoms with van der Waals surface area (Å²) in [5.74, 6) is 5.12. The highest BCUT2D eigenvalue weighted by Gasteiger charge is 2.51. The van der Waals surface area contributed by atoms with E-state index in [2.05, 4.69) is 6.92 Å². The fraction of sp³-hybridized carbons (Fsp3) is 1.00. The van der Waals surface area contributed by atoms with Crippen LogP contribution in [-0.2, 0) is 4.74 Å². The van der Waals surface area contributed by atoms with Crippen LogP contribution >= 0.6 is 0 Å². The molecule has 2 bridgehead atoms. The van der Waals surface area contributed by atoms with Gasteiger partial charge in [-0.25, -0.2) is 0 Å². The second kappa shape index (κ2) is 2.47. The molecule has 68 valence electrons. The smallest absolute Gasteiger partial charge is 0.0499 e. The standard InChI is InChI=1S/C11H18O/c1-7-4-8-5-10(7)11-6-12-3-2-9(8)11/h7-11H,2-6H2,1H3. The Hall–Kier alpha value is -0.0400. The summed E-state index contributed by atoms with van der Waals surface area (Å²) in [4.78, 5) is 0. The third-order valence-electron chi connectivity index (χ3n) is 4.59. The van der Waals surface area contributed by atoms with Crippen LogP contribution in [-0.4, -0.2) is 13.2 Å². The van der Waals surface area contributed by atoms with E-state index >= 15 is 0 Å². The van der Waals surface area contributed by atoms with Gasteiger partial charge in [-0.3, -0.25) is 0 Å². The summed E-state index contributed by atoms with van der Waals surface area (Å²) >= 11 is 0. The van der Waals surface area contributed by atoms with E-state index in [0.717, 1.165) is 42.8 Å². The van der Waals surface area contributed by atoms with Crippen LogP contribution in [0.3, 0.4) is 0 Å². The van der Waals surface area contributed by atoms with Crippen molar-refractivity contribution in [1.82, 2.24) is 0 Å². The van der Waals surface area contributed by atoms with Gasteiger partial charge in [-0.05, 0) is 48.9 Å². The molecule has 0 aromatic heterocycles. The Kier molecular flexibility index (Phi) is 1.52. The third-order valence-corrected chi connectivity index (χ3v) is 4.59. The molecule has 0 spiro atoms. The molecule has 0 aromatic carbocycles. The van der Waals surface area contributed by atoms with Crippen molar-refractivity contribution < 1.29 is 4.74 Å². The summed E-state index contributed by atoms with van der Waals surface area (Å²) in [7, 11) is 0. The van der Waals surface area contributed by atoms with Gasteiger partial charge in [0, 0.05) is 13.2 Å². The Morgan fingerprint density at radius 1 is 1.08 bits per heavy atom. The van der Waals surface area contributed by atoms with Gasteiger partial charge in [0.2, 0.25) is 0 Å². The largest absolute Gasteiger partial charge is 0.381 e. The summed E-state index contributed by atoms with van der Waals surface area (Å²) in [6.45, 7) is 4.56. The molecule has 0 aromatic rings. The predicted octanol–water partition coefficient (Wildman–Crippen LogP) is 2.32. The van der Waals surface area contributed by atoms with Crippen LogP contribution in [0.25, 0.3) is 0 Å². The zero-order valence-electron chi connectivity index (χ0n) is 7.83. The molecule has 0 N–H and O–H groups in total. The predicted molar refractivity (Wildman–Crippen MR) is 47.8 cm³/mol. The van der Waals surface area contributed by atoms with Gasteiger partial charge in [-0.2, -0.15) is 0 Å². The molecule has 5 atom stereocenters. The van der Waals surface area contributed by atoms with E-state index in [0.29, 0.717) is 0 Å². The maximum absolute atomic E-state index is 5.58. The van der Waals surface area contributed by atoms with E-state index in [1.54, 1.807) is 0 Å². The Morgan fingerprint density at radius 3 is 2.92 bits per heavy atom. The molecule has 2 aliphatic carbocycles. The van der Waals surface area contributed by atoms with E-state index in [1.807, 2.05) is 0 Å². The Morgan fingerprint density at radius 2 is 2.00 bits per heavy atom. The minimum Gasteiger partial charge on any atom is -0.381 e. The van der Waals surface area contributed by atoms with Crippen molar-refractivity contribution in [1.29, 1.82) is 0 Å². The average molecular weight is 166 g/mol. The summed E-state index contributed by atoms with van der Waals surface area (Å²) in [6.07, 6.45) is 4.41. The zero-order valence-corrected chi connectivity index (χ0v) is 7.83. The van der Waals surface area contributed by atoms with Gasteiger partial charge in [-0.15, -0.1) is 0 Å². The SMILES string of the molecule is CC1CC2CC1C1COCCC21. The summed E-state index contributed by atoms with van der Waals surface area (Å²) in [5.41, 5.74) is 0. The summed E-state index contributed by atoms with van der Waals surface area (Å²) in [6, 6.07) is 0. The van der Waals surface area contributed by atoms with Crippen molar-refractivity contribution in [2.45, 2.75) is 26.2 Å². The molecule has 3 aliphatic rings. The normalized spacial score (nSPS) is 57.2. The molecule has 1 aliphatic heterocycles. The number of ether oxygens (including phenoxy) is 1. The Labute approximate surface area is 74.5 Å². The molecule has 12 heavy (non-hydrogen) atoms. The lowest BCUT2D eigenvalue weighted by atomic mass is 9.73. The first-order valence-corrected chi connectivity index (χ1v) is 5.44. The Bertz CT molecular complexity index is 187. The maximum atomic E-state index is 5.58. The van der Waals surface area contributed by atoms with Gasteiger partial charge in [0.1, 0.15) is 0 Å². The van der Waals surface area contributed by atoms with E-state index in [1.165, 1.54) is 19.3 Å². The minimum absolute atomic E-state index is 0.951. The molecule has 1 heteroatoms. The van der Waals surface area contributed by atoms with Crippen LogP contribution in [0.2, 0.25) is 0 Å². The second-order valence-corrected chi connectivity index (χ2v) is 5.06. The molecular weight excluding hydrogens is 148 g/mol. The number of fused-ring (bicyclic) bond motifs is 5. The van der Waals surface area contributed by atoms with Gasteiger partial charge >= 0.3 is 0 Å². The molecule has 3 fully saturated rings. The summed E-state index contributed by atoms with van der Waals surface area (Å²) in [5, 5.41) is 0. The minimum atomic E-state index is 0.951. The molecule has 5 unspecified atom stereocenters. The topological polar surface area (TPSA) is 9.23 Å². The molecule has 1 nitrogen and oxygen atoms in total. The lowest BCUT2D eigenvalue weighted by Crippen LogP contribution is -2.34. The van der Waals surface area contributed by atoms with Crippen LogP contribution in [0.1, 0.15) is 26.2 Å². The van der Waals surface area contributed by atoms with Crippen LogP contribution in [0.4, 0.5) is 0 Å². The lowest BCUT2D eigenvalue weighted by molar-refractivity contribution is -0.0181. The highest BCUT2D eigenvalue weighted by atomic mass is 16.5. The lowest BCUT2D eigenvalue weighted by Gasteiger charge is -2.37. The molecular formula is C11H18O. The van der Waals surface area contributed by atoms with Gasteiger partial charge in [0.05, 0.1) is 0 Å². The van der Waals surface area contributed by atoms with Crippen LogP contribution < -0.4 is 0 Å². The van der Waals surface area contributed by atoms with Crippen molar-refractivity contribution in [3.63, 3.8) is 0 Å². The number of hydrogen-bond acceptors (Lipinski definition) is 1. The first-order chi connectivity index (χ1) is 5.86. The van der Waals surface area contributed by atoms with Crippen molar-refractivity contribution in [2.24, 2.45) is 29.6 Å². The van der Waals surface area contributed by atoms with Crippen molar-refractivity contribution in [3.8, 4) is 0 Å². The quantitative estimate of drug-likeness (QED) is 0.536. The highest BCUT2D eigenvalue weighted by Crippen LogP contribution is 2.57. The number of rotatable bonds is 0. The van der Waals surface area contributed by atoms with Gasteiger partial charge < -0.3 is 4.74 Å². The van der Waals surface area contributed by atoms with Crippen molar-refractivity contribution in [3.05, 3.63) is 0 Å². The molecule has 0 radical (unpaired) electrons. The zero-order chi connectivity index (χ0) is 8.13. The van der Waals surface area contributed by atoms with E-state index in [9.17, 15) is 0 Å². The maximum Gasteiger partial charge on any atom is 0.0499 e. The molecule has 3 rings (SSSR count). The average Bonchev–Trinajstić information content (AvgIpc) is 2.62. The van der Waals surface area contributed by atoms with Gasteiger partial charge in [-0.1, -0.05) is 6.92 Å². The van der Waals surface area contributed by atoms with Crippen LogP contribution in [0.15, 0.2) is 0 Å². The van der Waals surface area contributed by atoms with E-state index in [4.69, 9.17) is 4.74 Å². The monoisotopic (exact) mass is 166 g/mol. The molecule has 0 amide bonds. The van der Waals surface area contributed by atoms with Gasteiger partial charge in [0.15, 0.2) is 0 Å².